The molecule has 8 heteroatoms. The number of furan rings is 1. The first-order valence-electron chi connectivity index (χ1n) is 7.09. The van der Waals surface area contributed by atoms with Crippen molar-refractivity contribution in [3.63, 3.8) is 0 Å². The molecule has 1 heterocycles. The van der Waals surface area contributed by atoms with Crippen LogP contribution in [0.25, 0.3) is 11.0 Å². The van der Waals surface area contributed by atoms with Crippen molar-refractivity contribution in [2.45, 2.75) is 13.3 Å². The Kier molecular flexibility index (Phi) is 4.12. The van der Waals surface area contributed by atoms with Gasteiger partial charge in [-0.15, -0.1) is 13.2 Å². The van der Waals surface area contributed by atoms with E-state index in [1.54, 1.807) is 6.92 Å². The van der Waals surface area contributed by atoms with Crippen molar-refractivity contribution in [1.82, 2.24) is 0 Å². The van der Waals surface area contributed by atoms with Gasteiger partial charge in [-0.05, 0) is 49.4 Å². The number of nitrogens with one attached hydrogen (secondary N) is 1. The van der Waals surface area contributed by atoms with E-state index in [1.807, 2.05) is 0 Å². The van der Waals surface area contributed by atoms with Crippen LogP contribution in [0.15, 0.2) is 46.9 Å². The average molecular weight is 353 g/mol. The standard InChI is InChI=1S/C17H11F4NO3/c1-9-13-8-10(18)2-7-14(13)24-15(9)16(23)22-11-3-5-12(6-4-11)25-17(19,20)21/h2-8H,1H3,(H,22,23). The molecule has 3 aromatic rings. The van der Waals surface area contributed by atoms with Crippen LogP contribution < -0.4 is 10.1 Å². The summed E-state index contributed by atoms with van der Waals surface area (Å²) in [7, 11) is 0. The molecule has 0 saturated carbocycles. The quantitative estimate of drug-likeness (QED) is 0.672. The Morgan fingerprint density at radius 1 is 1.12 bits per heavy atom. The summed E-state index contributed by atoms with van der Waals surface area (Å²) in [6.07, 6.45) is -4.79. The number of rotatable bonds is 3. The van der Waals surface area contributed by atoms with Crippen molar-refractivity contribution < 1.29 is 31.5 Å². The lowest BCUT2D eigenvalue weighted by molar-refractivity contribution is -0.274. The highest BCUT2D eigenvalue weighted by Crippen LogP contribution is 2.27. The first-order chi connectivity index (χ1) is 11.7. The third kappa shape index (κ3) is 3.73. The van der Waals surface area contributed by atoms with Gasteiger partial charge >= 0.3 is 6.36 Å². The minimum absolute atomic E-state index is 0.00350. The Balaban J connectivity index is 1.79. The van der Waals surface area contributed by atoms with Gasteiger partial charge in [0.05, 0.1) is 0 Å². The molecule has 0 spiro atoms. The number of amides is 1. The molecule has 130 valence electrons. The van der Waals surface area contributed by atoms with E-state index in [2.05, 4.69) is 10.1 Å². The number of alkyl halides is 3. The number of halogens is 4. The highest BCUT2D eigenvalue weighted by molar-refractivity contribution is 6.06. The number of carbonyl (C=O) groups excluding carboxylic acids is 1. The van der Waals surface area contributed by atoms with Crippen LogP contribution in [0.3, 0.4) is 0 Å². The Labute approximate surface area is 139 Å². The summed E-state index contributed by atoms with van der Waals surface area (Å²) in [5.74, 6) is -1.46. The maximum atomic E-state index is 13.3. The van der Waals surface area contributed by atoms with Gasteiger partial charge in [0, 0.05) is 16.6 Å². The molecule has 1 aromatic heterocycles. The lowest BCUT2D eigenvalue weighted by Gasteiger charge is -2.09. The molecule has 1 amide bonds. The molecule has 0 atom stereocenters. The smallest absolute Gasteiger partial charge is 0.451 e. The van der Waals surface area contributed by atoms with Crippen molar-refractivity contribution in [2.24, 2.45) is 0 Å². The third-order valence-corrected chi connectivity index (χ3v) is 3.45. The van der Waals surface area contributed by atoms with Gasteiger partial charge in [0.1, 0.15) is 17.1 Å². The van der Waals surface area contributed by atoms with E-state index in [4.69, 9.17) is 4.42 Å². The van der Waals surface area contributed by atoms with Crippen molar-refractivity contribution in [3.8, 4) is 5.75 Å². The second-order valence-corrected chi connectivity index (χ2v) is 5.22. The molecule has 2 aromatic carbocycles. The molecule has 4 nitrogen and oxygen atoms in total. The van der Waals surface area contributed by atoms with Crippen LogP contribution >= 0.6 is 0 Å². The highest BCUT2D eigenvalue weighted by Gasteiger charge is 2.31. The van der Waals surface area contributed by atoms with E-state index >= 15 is 0 Å². The van der Waals surface area contributed by atoms with Crippen molar-refractivity contribution >= 4 is 22.6 Å². The Hall–Kier alpha value is -3.03. The molecular weight excluding hydrogens is 342 g/mol. The highest BCUT2D eigenvalue weighted by atomic mass is 19.4. The first kappa shape index (κ1) is 16.8. The zero-order valence-electron chi connectivity index (χ0n) is 12.8. The van der Waals surface area contributed by atoms with E-state index in [0.717, 1.165) is 12.1 Å². The van der Waals surface area contributed by atoms with E-state index in [1.165, 1.54) is 30.3 Å². The molecule has 0 bridgehead atoms. The summed E-state index contributed by atoms with van der Waals surface area (Å²) in [6, 6.07) is 8.56. The average Bonchev–Trinajstić information content (AvgIpc) is 2.85. The summed E-state index contributed by atoms with van der Waals surface area (Å²) in [5, 5.41) is 2.97. The molecule has 0 radical (unpaired) electrons. The fourth-order valence-corrected chi connectivity index (χ4v) is 2.34. The molecule has 0 unspecified atom stereocenters. The van der Waals surface area contributed by atoms with E-state index in [0.29, 0.717) is 16.5 Å². The number of anilines is 1. The van der Waals surface area contributed by atoms with Crippen LogP contribution in [-0.2, 0) is 0 Å². The molecule has 0 aliphatic carbocycles. The van der Waals surface area contributed by atoms with Crippen LogP contribution in [0.2, 0.25) is 0 Å². The Morgan fingerprint density at radius 2 is 1.80 bits per heavy atom. The van der Waals surface area contributed by atoms with Gasteiger partial charge in [0.25, 0.3) is 5.91 Å². The molecule has 3 rings (SSSR count). The minimum Gasteiger partial charge on any atom is -0.451 e. The van der Waals surface area contributed by atoms with Gasteiger partial charge in [-0.1, -0.05) is 0 Å². The molecule has 0 aliphatic heterocycles. The summed E-state index contributed by atoms with van der Waals surface area (Å²) in [4.78, 5) is 12.3. The summed E-state index contributed by atoms with van der Waals surface area (Å²) in [6.45, 7) is 1.61. The topological polar surface area (TPSA) is 51.5 Å². The number of ether oxygens (including phenoxy) is 1. The number of hydrogen-bond acceptors (Lipinski definition) is 3. The summed E-state index contributed by atoms with van der Waals surface area (Å²) >= 11 is 0. The number of carbonyl (C=O) groups is 1. The van der Waals surface area contributed by atoms with Crippen LogP contribution in [0.1, 0.15) is 16.1 Å². The molecule has 1 N–H and O–H groups in total. The zero-order chi connectivity index (χ0) is 18.2. The predicted octanol–water partition coefficient (Wildman–Crippen LogP) is 5.03. The predicted molar refractivity (Wildman–Crippen MR) is 82.0 cm³/mol. The van der Waals surface area contributed by atoms with Crippen LogP contribution in [0, 0.1) is 12.7 Å². The molecule has 0 fully saturated rings. The minimum atomic E-state index is -4.79. The Bertz CT molecular complexity index is 929. The van der Waals surface area contributed by atoms with Gasteiger partial charge in [0.2, 0.25) is 0 Å². The number of aryl methyl sites for hydroxylation is 1. The number of fused-ring (bicyclic) bond motifs is 1. The lowest BCUT2D eigenvalue weighted by atomic mass is 10.1. The normalized spacial score (nSPS) is 11.6. The first-order valence-corrected chi connectivity index (χ1v) is 7.09. The maximum absolute atomic E-state index is 13.3. The van der Waals surface area contributed by atoms with Crippen LogP contribution in [-0.4, -0.2) is 12.3 Å². The lowest BCUT2D eigenvalue weighted by Crippen LogP contribution is -2.17. The monoisotopic (exact) mass is 353 g/mol. The summed E-state index contributed by atoms with van der Waals surface area (Å²) < 4.78 is 58.8. The van der Waals surface area contributed by atoms with Gasteiger partial charge in [-0.3, -0.25) is 4.79 Å². The second-order valence-electron chi connectivity index (χ2n) is 5.22. The van der Waals surface area contributed by atoms with Gasteiger partial charge < -0.3 is 14.5 Å². The van der Waals surface area contributed by atoms with E-state index < -0.39 is 23.8 Å². The fraction of sp³-hybridized carbons (Fsp3) is 0.118. The number of hydrogen-bond donors (Lipinski definition) is 1. The maximum Gasteiger partial charge on any atom is 0.573 e. The van der Waals surface area contributed by atoms with Crippen LogP contribution in [0.4, 0.5) is 23.2 Å². The summed E-state index contributed by atoms with van der Waals surface area (Å²) in [5.41, 5.74) is 1.08. The SMILES string of the molecule is Cc1c(C(=O)Nc2ccc(OC(F)(F)F)cc2)oc2ccc(F)cc12. The zero-order valence-corrected chi connectivity index (χ0v) is 12.8. The molecule has 0 saturated heterocycles. The van der Waals surface area contributed by atoms with Crippen molar-refractivity contribution in [2.75, 3.05) is 5.32 Å². The third-order valence-electron chi connectivity index (χ3n) is 3.45. The molecular formula is C17H11F4NO3. The van der Waals surface area contributed by atoms with Crippen molar-refractivity contribution in [1.29, 1.82) is 0 Å². The number of benzene rings is 2. The van der Waals surface area contributed by atoms with Crippen molar-refractivity contribution in [3.05, 3.63) is 59.6 Å². The largest absolute Gasteiger partial charge is 0.573 e. The van der Waals surface area contributed by atoms with Crippen LogP contribution in [0.5, 0.6) is 5.75 Å². The van der Waals surface area contributed by atoms with E-state index in [9.17, 15) is 22.4 Å². The van der Waals surface area contributed by atoms with Gasteiger partial charge in [0.15, 0.2) is 5.76 Å². The van der Waals surface area contributed by atoms with E-state index in [-0.39, 0.29) is 11.4 Å². The van der Waals surface area contributed by atoms with Gasteiger partial charge in [-0.25, -0.2) is 4.39 Å². The molecule has 25 heavy (non-hydrogen) atoms. The second kappa shape index (κ2) is 6.12. The molecule has 0 aliphatic rings. The Morgan fingerprint density at radius 3 is 2.44 bits per heavy atom. The fourth-order valence-electron chi connectivity index (χ4n) is 2.34. The van der Waals surface area contributed by atoms with Gasteiger partial charge in [-0.2, -0.15) is 0 Å².